The Kier molecular flexibility index (Phi) is 3.85. The Morgan fingerprint density at radius 2 is 2.07 bits per heavy atom. The van der Waals surface area contributed by atoms with Gasteiger partial charge in [-0.2, -0.15) is 0 Å². The topological polar surface area (TPSA) is 52.6 Å². The second-order valence-corrected chi connectivity index (χ2v) is 2.99. The zero-order valence-corrected chi connectivity index (χ0v) is 8.65. The van der Waals surface area contributed by atoms with Gasteiger partial charge in [0.05, 0.1) is 13.5 Å². The zero-order valence-electron chi connectivity index (χ0n) is 8.65. The molecule has 1 rings (SSSR count). The molecule has 0 aromatic heterocycles. The highest BCUT2D eigenvalue weighted by molar-refractivity contribution is 5.85. The molecule has 1 aromatic rings. The highest BCUT2D eigenvalue weighted by Gasteiger charge is 2.07. The van der Waals surface area contributed by atoms with Gasteiger partial charge in [-0.05, 0) is 17.7 Å². The van der Waals surface area contributed by atoms with Crippen molar-refractivity contribution in [3.8, 4) is 5.75 Å². The van der Waals surface area contributed by atoms with E-state index in [1.54, 1.807) is 31.4 Å². The van der Waals surface area contributed by atoms with Gasteiger partial charge in [-0.3, -0.25) is 9.59 Å². The highest BCUT2D eigenvalue weighted by Crippen LogP contribution is 2.13. The van der Waals surface area contributed by atoms with E-state index < -0.39 is 11.9 Å². The molecule has 0 atom stereocenters. The summed E-state index contributed by atoms with van der Waals surface area (Å²) >= 11 is 0. The Labute approximate surface area is 87.8 Å². The molecule has 0 N–H and O–H groups in total. The average Bonchev–Trinajstić information content (AvgIpc) is 2.16. The minimum atomic E-state index is -0.595. The van der Waals surface area contributed by atoms with E-state index in [2.05, 4.69) is 4.74 Å². The molecule has 0 aliphatic heterocycles. The first-order chi connectivity index (χ1) is 7.11. The minimum Gasteiger partial charge on any atom is -0.497 e. The maximum absolute atomic E-state index is 11.1. The fourth-order valence-corrected chi connectivity index (χ4v) is 1.15. The van der Waals surface area contributed by atoms with Gasteiger partial charge in [0.2, 0.25) is 0 Å². The number of methoxy groups -OCH3 is 1. The second kappa shape index (κ2) is 5.14. The summed E-state index contributed by atoms with van der Waals surface area (Å²) < 4.78 is 9.41. The molecule has 15 heavy (non-hydrogen) atoms. The lowest BCUT2D eigenvalue weighted by Crippen LogP contribution is -2.11. The Balaban J connectivity index is 2.63. The SMILES string of the molecule is COc1cccc(CC(=O)OC(C)=O)c1. The van der Waals surface area contributed by atoms with Crippen LogP contribution in [0, 0.1) is 0 Å². The monoisotopic (exact) mass is 208 g/mol. The van der Waals surface area contributed by atoms with Crippen molar-refractivity contribution in [1.82, 2.24) is 0 Å². The summed E-state index contributed by atoms with van der Waals surface area (Å²) in [5.41, 5.74) is 0.751. The summed E-state index contributed by atoms with van der Waals surface area (Å²) in [4.78, 5) is 21.6. The molecule has 80 valence electrons. The molecule has 0 spiro atoms. The number of benzene rings is 1. The molecule has 0 heterocycles. The first kappa shape index (κ1) is 11.2. The Hall–Kier alpha value is -1.84. The van der Waals surface area contributed by atoms with Crippen LogP contribution < -0.4 is 4.74 Å². The molecule has 4 heteroatoms. The molecular weight excluding hydrogens is 196 g/mol. The molecule has 4 nitrogen and oxygen atoms in total. The molecule has 1 aromatic carbocycles. The van der Waals surface area contributed by atoms with Crippen LogP contribution in [0.15, 0.2) is 24.3 Å². The van der Waals surface area contributed by atoms with Gasteiger partial charge in [-0.15, -0.1) is 0 Å². The third-order valence-electron chi connectivity index (χ3n) is 1.74. The molecule has 0 saturated carbocycles. The van der Waals surface area contributed by atoms with Gasteiger partial charge in [0, 0.05) is 6.92 Å². The fraction of sp³-hybridized carbons (Fsp3) is 0.273. The second-order valence-electron chi connectivity index (χ2n) is 2.99. The number of carbonyl (C=O) groups is 2. The lowest BCUT2D eigenvalue weighted by atomic mass is 10.1. The largest absolute Gasteiger partial charge is 0.497 e. The lowest BCUT2D eigenvalue weighted by molar-refractivity contribution is -0.157. The van der Waals surface area contributed by atoms with Crippen molar-refractivity contribution in [2.45, 2.75) is 13.3 Å². The van der Waals surface area contributed by atoms with Gasteiger partial charge in [-0.1, -0.05) is 12.1 Å². The van der Waals surface area contributed by atoms with E-state index in [-0.39, 0.29) is 6.42 Å². The molecule has 0 bridgehead atoms. The van der Waals surface area contributed by atoms with E-state index in [0.29, 0.717) is 5.75 Å². The van der Waals surface area contributed by atoms with Crippen molar-refractivity contribution in [1.29, 1.82) is 0 Å². The third kappa shape index (κ3) is 3.81. The molecular formula is C11H12O4. The van der Waals surface area contributed by atoms with Crippen LogP contribution in [-0.2, 0) is 20.7 Å². The summed E-state index contributed by atoms with van der Waals surface area (Å²) in [6.07, 6.45) is 0.0662. The van der Waals surface area contributed by atoms with Crippen LogP contribution in [0.2, 0.25) is 0 Å². The number of hydrogen-bond donors (Lipinski definition) is 0. The first-order valence-electron chi connectivity index (χ1n) is 4.46. The molecule has 0 amide bonds. The van der Waals surface area contributed by atoms with E-state index in [0.717, 1.165) is 5.56 Å². The van der Waals surface area contributed by atoms with Crippen LogP contribution >= 0.6 is 0 Å². The summed E-state index contributed by atoms with van der Waals surface area (Å²) in [5, 5.41) is 0. The normalized spacial score (nSPS) is 9.47. The van der Waals surface area contributed by atoms with Crippen LogP contribution in [0.3, 0.4) is 0 Å². The number of rotatable bonds is 3. The van der Waals surface area contributed by atoms with Crippen LogP contribution in [0.5, 0.6) is 5.75 Å². The quantitative estimate of drug-likeness (QED) is 0.555. The Bertz CT molecular complexity index is 371. The fourth-order valence-electron chi connectivity index (χ4n) is 1.15. The van der Waals surface area contributed by atoms with E-state index in [1.807, 2.05) is 0 Å². The van der Waals surface area contributed by atoms with Crippen molar-refractivity contribution >= 4 is 11.9 Å². The summed E-state index contributed by atoms with van der Waals surface area (Å²) in [6.45, 7) is 1.20. The number of carbonyl (C=O) groups excluding carboxylic acids is 2. The number of hydrogen-bond acceptors (Lipinski definition) is 4. The van der Waals surface area contributed by atoms with Gasteiger partial charge < -0.3 is 9.47 Å². The van der Waals surface area contributed by atoms with E-state index in [9.17, 15) is 9.59 Å². The van der Waals surface area contributed by atoms with Crippen LogP contribution in [0.1, 0.15) is 12.5 Å². The molecule has 0 saturated heterocycles. The van der Waals surface area contributed by atoms with Gasteiger partial charge >= 0.3 is 11.9 Å². The van der Waals surface area contributed by atoms with Crippen molar-refractivity contribution in [3.05, 3.63) is 29.8 Å². The maximum Gasteiger partial charge on any atom is 0.317 e. The Morgan fingerprint density at radius 1 is 1.33 bits per heavy atom. The standard InChI is InChI=1S/C11H12O4/c1-8(12)15-11(13)7-9-4-3-5-10(6-9)14-2/h3-6H,7H2,1-2H3. The van der Waals surface area contributed by atoms with E-state index in [4.69, 9.17) is 4.74 Å². The number of esters is 2. The average molecular weight is 208 g/mol. The van der Waals surface area contributed by atoms with Crippen LogP contribution in [-0.4, -0.2) is 19.0 Å². The predicted molar refractivity (Wildman–Crippen MR) is 53.5 cm³/mol. The lowest BCUT2D eigenvalue weighted by Gasteiger charge is -2.03. The number of ether oxygens (including phenoxy) is 2. The van der Waals surface area contributed by atoms with Crippen molar-refractivity contribution in [2.24, 2.45) is 0 Å². The smallest absolute Gasteiger partial charge is 0.317 e. The third-order valence-corrected chi connectivity index (χ3v) is 1.74. The van der Waals surface area contributed by atoms with Crippen LogP contribution in [0.4, 0.5) is 0 Å². The van der Waals surface area contributed by atoms with E-state index >= 15 is 0 Å². The maximum atomic E-state index is 11.1. The summed E-state index contributed by atoms with van der Waals surface area (Å²) in [7, 11) is 1.55. The van der Waals surface area contributed by atoms with Gasteiger partial charge in [0.1, 0.15) is 5.75 Å². The van der Waals surface area contributed by atoms with Crippen molar-refractivity contribution in [2.75, 3.05) is 7.11 Å². The van der Waals surface area contributed by atoms with Gasteiger partial charge in [0.25, 0.3) is 0 Å². The molecule has 0 aliphatic rings. The predicted octanol–water partition coefficient (Wildman–Crippen LogP) is 1.33. The molecule has 0 unspecified atom stereocenters. The van der Waals surface area contributed by atoms with Crippen LogP contribution in [0.25, 0.3) is 0 Å². The first-order valence-corrected chi connectivity index (χ1v) is 4.46. The molecule has 0 radical (unpaired) electrons. The minimum absolute atomic E-state index is 0.0662. The molecule has 0 aliphatic carbocycles. The Morgan fingerprint density at radius 3 is 2.67 bits per heavy atom. The molecule has 0 fully saturated rings. The summed E-state index contributed by atoms with van der Waals surface area (Å²) in [5.74, 6) is -0.484. The van der Waals surface area contributed by atoms with Crippen molar-refractivity contribution in [3.63, 3.8) is 0 Å². The van der Waals surface area contributed by atoms with E-state index in [1.165, 1.54) is 6.92 Å². The highest BCUT2D eigenvalue weighted by atomic mass is 16.6. The van der Waals surface area contributed by atoms with Gasteiger partial charge in [0.15, 0.2) is 0 Å². The summed E-state index contributed by atoms with van der Waals surface area (Å²) in [6, 6.07) is 7.04. The zero-order chi connectivity index (χ0) is 11.3. The van der Waals surface area contributed by atoms with Gasteiger partial charge in [-0.25, -0.2) is 0 Å². The van der Waals surface area contributed by atoms with Crippen molar-refractivity contribution < 1.29 is 19.1 Å².